The highest BCUT2D eigenvalue weighted by Crippen LogP contribution is 2.32. The lowest BCUT2D eigenvalue weighted by Gasteiger charge is -2.30. The van der Waals surface area contributed by atoms with Crippen molar-refractivity contribution < 1.29 is 38.8 Å². The maximum absolute atomic E-state index is 14.1. The van der Waals surface area contributed by atoms with E-state index in [1.807, 2.05) is 66.7 Å². The molecular formula is C39H49N3O8. The molecule has 3 amide bonds. The van der Waals surface area contributed by atoms with Crippen LogP contribution in [0.15, 0.2) is 78.9 Å². The molecule has 1 saturated heterocycles. The summed E-state index contributed by atoms with van der Waals surface area (Å²) in [7, 11) is 0. The molecule has 5 atom stereocenters. The lowest BCUT2D eigenvalue weighted by Crippen LogP contribution is -2.48. The van der Waals surface area contributed by atoms with Crippen molar-refractivity contribution in [2.45, 2.75) is 76.3 Å². The molecule has 1 unspecified atom stereocenters. The average Bonchev–Trinajstić information content (AvgIpc) is 3.41. The second kappa shape index (κ2) is 17.0. The average molecular weight is 688 g/mol. The summed E-state index contributed by atoms with van der Waals surface area (Å²) in [5, 5.41) is 28.5. The summed E-state index contributed by atoms with van der Waals surface area (Å²) in [5.41, 5.74) is 2.83. The number of aliphatic hydroxyl groups excluding tert-OH is 2. The number of hydrogen-bond acceptors (Lipinski definition) is 8. The topological polar surface area (TPSA) is 147 Å². The fourth-order valence-electron chi connectivity index (χ4n) is 6.42. The van der Waals surface area contributed by atoms with E-state index in [-0.39, 0.29) is 31.3 Å². The van der Waals surface area contributed by atoms with Crippen LogP contribution in [0.2, 0.25) is 0 Å². The summed E-state index contributed by atoms with van der Waals surface area (Å²) in [6, 6.07) is 23.0. The van der Waals surface area contributed by atoms with Gasteiger partial charge in [0.25, 0.3) is 5.91 Å². The van der Waals surface area contributed by atoms with Crippen LogP contribution >= 0.6 is 0 Å². The highest BCUT2D eigenvalue weighted by atomic mass is 16.6. The van der Waals surface area contributed by atoms with Crippen LogP contribution in [-0.4, -0.2) is 89.8 Å². The summed E-state index contributed by atoms with van der Waals surface area (Å²) in [6.45, 7) is 7.32. The first-order valence-electron chi connectivity index (χ1n) is 17.3. The number of morpholine rings is 1. The normalized spacial score (nSPS) is 19.1. The molecule has 1 aliphatic heterocycles. The van der Waals surface area contributed by atoms with Crippen molar-refractivity contribution in [3.05, 3.63) is 101 Å². The van der Waals surface area contributed by atoms with E-state index < -0.39 is 41.9 Å². The van der Waals surface area contributed by atoms with Crippen molar-refractivity contribution in [3.63, 3.8) is 0 Å². The molecule has 5 rings (SSSR count). The molecule has 0 spiro atoms. The largest absolute Gasteiger partial charge is 0.484 e. The monoisotopic (exact) mass is 687 g/mol. The van der Waals surface area contributed by atoms with Gasteiger partial charge in [-0.1, -0.05) is 66.7 Å². The Bertz CT molecular complexity index is 1570. The van der Waals surface area contributed by atoms with Gasteiger partial charge in [-0.25, -0.2) is 4.79 Å². The highest BCUT2D eigenvalue weighted by molar-refractivity contribution is 5.80. The van der Waals surface area contributed by atoms with Gasteiger partial charge in [-0.3, -0.25) is 9.59 Å². The third-order valence-corrected chi connectivity index (χ3v) is 9.00. The van der Waals surface area contributed by atoms with Crippen molar-refractivity contribution in [2.24, 2.45) is 5.92 Å². The molecule has 50 heavy (non-hydrogen) atoms. The molecule has 0 radical (unpaired) electrons. The van der Waals surface area contributed by atoms with Gasteiger partial charge in [0, 0.05) is 25.4 Å². The first kappa shape index (κ1) is 36.8. The number of amides is 3. The molecule has 2 aliphatic rings. The summed E-state index contributed by atoms with van der Waals surface area (Å²) < 4.78 is 16.6. The smallest absolute Gasteiger partial charge is 0.407 e. The number of hydrogen-bond donors (Lipinski definition) is 4. The molecule has 0 bridgehead atoms. The minimum Gasteiger partial charge on any atom is -0.484 e. The Kier molecular flexibility index (Phi) is 12.5. The van der Waals surface area contributed by atoms with Crippen molar-refractivity contribution in [2.75, 3.05) is 32.9 Å². The van der Waals surface area contributed by atoms with Crippen LogP contribution in [0.3, 0.4) is 0 Å². The standard InChI is InChI=1S/C39H49N3O8/c1-39(2,3)50-38(47)40-32(22-26-9-5-4-6-10-26)33(43)24-29(37(46)41-36-31-12-8-7-11-28(31)23-34(36)44)21-27-13-15-30(16-14-27)49-25-35(45)42-17-19-48-20-18-42/h4-16,29,32-34,36,43-44H,17-25H2,1-3H3,(H,40,47)(H,41,46)/t29-,32-,33-,34+,36?/m0/s1. The minimum atomic E-state index is -1.12. The number of nitrogens with zero attached hydrogens (tertiary/aromatic N) is 1. The number of carbonyl (C=O) groups is 3. The quantitative estimate of drug-likeness (QED) is 0.213. The number of rotatable bonds is 13. The summed E-state index contributed by atoms with van der Waals surface area (Å²) in [5.74, 6) is -0.634. The van der Waals surface area contributed by atoms with Gasteiger partial charge in [0.2, 0.25) is 5.91 Å². The zero-order valence-corrected chi connectivity index (χ0v) is 29.0. The molecule has 1 fully saturated rings. The predicted molar refractivity (Wildman–Crippen MR) is 187 cm³/mol. The number of benzene rings is 3. The number of ether oxygens (including phenoxy) is 3. The lowest BCUT2D eigenvalue weighted by atomic mass is 9.88. The van der Waals surface area contributed by atoms with Gasteiger partial charge < -0.3 is 40.0 Å². The van der Waals surface area contributed by atoms with Crippen molar-refractivity contribution in [3.8, 4) is 5.75 Å². The summed E-state index contributed by atoms with van der Waals surface area (Å²) in [6.07, 6.45) is -1.51. The zero-order valence-electron chi connectivity index (χ0n) is 29.0. The Hall–Kier alpha value is -4.45. The molecule has 0 aromatic heterocycles. The predicted octanol–water partition coefficient (Wildman–Crippen LogP) is 3.74. The van der Waals surface area contributed by atoms with Crippen LogP contribution in [0.1, 0.15) is 55.5 Å². The lowest BCUT2D eigenvalue weighted by molar-refractivity contribution is -0.137. The summed E-state index contributed by atoms with van der Waals surface area (Å²) in [4.78, 5) is 41.2. The van der Waals surface area contributed by atoms with E-state index in [0.29, 0.717) is 44.9 Å². The number of nitrogens with one attached hydrogen (secondary N) is 2. The second-order valence-electron chi connectivity index (χ2n) is 14.0. The second-order valence-corrected chi connectivity index (χ2v) is 14.0. The molecule has 3 aromatic carbocycles. The van der Waals surface area contributed by atoms with Crippen LogP contribution in [-0.2, 0) is 38.3 Å². The molecule has 0 saturated carbocycles. The maximum atomic E-state index is 14.1. The van der Waals surface area contributed by atoms with Crippen LogP contribution in [0.25, 0.3) is 0 Å². The molecule has 268 valence electrons. The minimum absolute atomic E-state index is 0.0237. The van der Waals surface area contributed by atoms with Crippen LogP contribution in [0.4, 0.5) is 4.79 Å². The number of aliphatic hydroxyl groups is 2. The molecule has 1 heterocycles. The SMILES string of the molecule is CC(C)(C)OC(=O)N[C@@H](Cc1ccccc1)[C@@H](O)C[C@H](Cc1ccc(OCC(=O)N2CCOCC2)cc1)C(=O)NC1c2ccccc2C[C@H]1O. The Balaban J connectivity index is 1.32. The Morgan fingerprint density at radius 2 is 1.58 bits per heavy atom. The van der Waals surface area contributed by atoms with E-state index in [0.717, 1.165) is 22.3 Å². The van der Waals surface area contributed by atoms with E-state index in [9.17, 15) is 24.6 Å². The van der Waals surface area contributed by atoms with Gasteiger partial charge in [0.15, 0.2) is 6.61 Å². The molecule has 11 heteroatoms. The number of carbonyl (C=O) groups excluding carboxylic acids is 3. The molecule has 3 aromatic rings. The van der Waals surface area contributed by atoms with Gasteiger partial charge in [-0.15, -0.1) is 0 Å². The van der Waals surface area contributed by atoms with Crippen LogP contribution in [0, 0.1) is 5.92 Å². The van der Waals surface area contributed by atoms with Gasteiger partial charge in [-0.05, 0) is 74.4 Å². The van der Waals surface area contributed by atoms with E-state index in [1.165, 1.54) is 0 Å². The molecule has 4 N–H and O–H groups in total. The van der Waals surface area contributed by atoms with Crippen LogP contribution in [0.5, 0.6) is 5.75 Å². The zero-order chi connectivity index (χ0) is 35.7. The highest BCUT2D eigenvalue weighted by Gasteiger charge is 2.35. The van der Waals surface area contributed by atoms with Crippen molar-refractivity contribution in [1.82, 2.24) is 15.5 Å². The molecule has 1 aliphatic carbocycles. The molecular weight excluding hydrogens is 638 g/mol. The van der Waals surface area contributed by atoms with Crippen molar-refractivity contribution in [1.29, 1.82) is 0 Å². The number of alkyl carbamates (subject to hydrolysis) is 1. The van der Waals surface area contributed by atoms with E-state index in [1.54, 1.807) is 37.8 Å². The van der Waals surface area contributed by atoms with Gasteiger partial charge in [0.1, 0.15) is 11.4 Å². The maximum Gasteiger partial charge on any atom is 0.407 e. The first-order chi connectivity index (χ1) is 23.9. The Morgan fingerprint density at radius 1 is 0.920 bits per heavy atom. The van der Waals surface area contributed by atoms with E-state index in [4.69, 9.17) is 14.2 Å². The fraction of sp³-hybridized carbons (Fsp3) is 0.462. The van der Waals surface area contributed by atoms with Crippen molar-refractivity contribution >= 4 is 17.9 Å². The van der Waals surface area contributed by atoms with Gasteiger partial charge in [-0.2, -0.15) is 0 Å². The summed E-state index contributed by atoms with van der Waals surface area (Å²) >= 11 is 0. The first-order valence-corrected chi connectivity index (χ1v) is 17.3. The van der Waals surface area contributed by atoms with Gasteiger partial charge >= 0.3 is 6.09 Å². The Morgan fingerprint density at radius 3 is 2.28 bits per heavy atom. The van der Waals surface area contributed by atoms with Gasteiger partial charge in [0.05, 0.1) is 37.5 Å². The fourth-order valence-corrected chi connectivity index (χ4v) is 6.42. The Labute approximate surface area is 293 Å². The van der Waals surface area contributed by atoms with Crippen LogP contribution < -0.4 is 15.4 Å². The number of fused-ring (bicyclic) bond motifs is 1. The third-order valence-electron chi connectivity index (χ3n) is 9.00. The van der Waals surface area contributed by atoms with E-state index in [2.05, 4.69) is 10.6 Å². The third kappa shape index (κ3) is 10.5. The molecule has 11 nitrogen and oxygen atoms in total. The van der Waals surface area contributed by atoms with E-state index >= 15 is 0 Å².